The van der Waals surface area contributed by atoms with Crippen LogP contribution >= 0.6 is 0 Å². The highest BCUT2D eigenvalue weighted by Gasteiger charge is 2.10. The molecule has 0 amide bonds. The number of aromatic nitrogens is 3. The van der Waals surface area contributed by atoms with Gasteiger partial charge in [0.25, 0.3) is 0 Å². The number of nitrogens with zero attached hydrogens (tertiary/aromatic N) is 4. The molecule has 0 aromatic carbocycles. The van der Waals surface area contributed by atoms with Crippen LogP contribution in [0.5, 0.6) is 0 Å². The monoisotopic (exact) mass is 206 g/mol. The van der Waals surface area contributed by atoms with Crippen molar-refractivity contribution >= 4 is 5.97 Å². The fourth-order valence-corrected chi connectivity index (χ4v) is 1.09. The zero-order valence-corrected chi connectivity index (χ0v) is 8.05. The molecule has 0 spiro atoms. The number of aryl methyl sites for hydroxylation is 1. The SMILES string of the molecule is C=C(C#N)CCCn1nncc1C(=O)O. The zero-order valence-electron chi connectivity index (χ0n) is 8.05. The molecule has 0 aliphatic carbocycles. The molecule has 1 aromatic heterocycles. The minimum atomic E-state index is -1.06. The number of carboxylic acids is 1. The number of nitriles is 1. The Bertz CT molecular complexity index is 416. The minimum Gasteiger partial charge on any atom is -0.476 e. The molecule has 0 saturated carbocycles. The van der Waals surface area contributed by atoms with Crippen LogP contribution in [0.25, 0.3) is 0 Å². The van der Waals surface area contributed by atoms with E-state index >= 15 is 0 Å². The second-order valence-electron chi connectivity index (χ2n) is 2.97. The maximum Gasteiger partial charge on any atom is 0.355 e. The van der Waals surface area contributed by atoms with E-state index in [0.29, 0.717) is 25.0 Å². The lowest BCUT2D eigenvalue weighted by molar-refractivity contribution is 0.0683. The van der Waals surface area contributed by atoms with E-state index < -0.39 is 5.97 Å². The molecule has 1 N–H and O–H groups in total. The Kier molecular flexibility index (Phi) is 3.57. The van der Waals surface area contributed by atoms with Crippen molar-refractivity contribution in [3.63, 3.8) is 0 Å². The average molecular weight is 206 g/mol. The van der Waals surface area contributed by atoms with E-state index in [1.807, 2.05) is 6.07 Å². The molecule has 6 nitrogen and oxygen atoms in total. The Hall–Kier alpha value is -2.16. The van der Waals surface area contributed by atoms with Crippen molar-refractivity contribution in [1.82, 2.24) is 15.0 Å². The maximum absolute atomic E-state index is 10.7. The predicted molar refractivity (Wildman–Crippen MR) is 51.0 cm³/mol. The smallest absolute Gasteiger partial charge is 0.355 e. The van der Waals surface area contributed by atoms with Crippen molar-refractivity contribution in [2.24, 2.45) is 0 Å². The van der Waals surface area contributed by atoms with Crippen LogP contribution < -0.4 is 0 Å². The lowest BCUT2D eigenvalue weighted by atomic mass is 10.2. The van der Waals surface area contributed by atoms with Crippen LogP contribution in [0.2, 0.25) is 0 Å². The van der Waals surface area contributed by atoms with Gasteiger partial charge in [0.1, 0.15) is 0 Å². The first-order chi connectivity index (χ1) is 7.15. The minimum absolute atomic E-state index is 0.0533. The summed E-state index contributed by atoms with van der Waals surface area (Å²) in [5.41, 5.74) is 0.532. The van der Waals surface area contributed by atoms with Crippen LogP contribution in [-0.4, -0.2) is 26.1 Å². The van der Waals surface area contributed by atoms with Crippen molar-refractivity contribution in [3.8, 4) is 6.07 Å². The number of hydrogen-bond donors (Lipinski definition) is 1. The van der Waals surface area contributed by atoms with Gasteiger partial charge in [-0.05, 0) is 12.8 Å². The van der Waals surface area contributed by atoms with Gasteiger partial charge in [0.2, 0.25) is 0 Å². The molecule has 0 atom stereocenters. The second-order valence-corrected chi connectivity index (χ2v) is 2.97. The van der Waals surface area contributed by atoms with Crippen LogP contribution in [0.3, 0.4) is 0 Å². The quantitative estimate of drug-likeness (QED) is 0.720. The van der Waals surface area contributed by atoms with Crippen LogP contribution in [0.4, 0.5) is 0 Å². The summed E-state index contributed by atoms with van der Waals surface area (Å²) in [5, 5.41) is 24.3. The van der Waals surface area contributed by atoms with E-state index in [2.05, 4.69) is 16.9 Å². The van der Waals surface area contributed by atoms with E-state index in [1.54, 1.807) is 0 Å². The third-order valence-corrected chi connectivity index (χ3v) is 1.84. The highest BCUT2D eigenvalue weighted by molar-refractivity contribution is 5.85. The summed E-state index contributed by atoms with van der Waals surface area (Å²) in [6.07, 6.45) is 2.35. The van der Waals surface area contributed by atoms with Crippen molar-refractivity contribution in [3.05, 3.63) is 24.0 Å². The van der Waals surface area contributed by atoms with Gasteiger partial charge in [0, 0.05) is 12.1 Å². The lowest BCUT2D eigenvalue weighted by Gasteiger charge is -2.01. The molecule has 1 aromatic rings. The molecule has 0 radical (unpaired) electrons. The van der Waals surface area contributed by atoms with E-state index in [1.165, 1.54) is 10.9 Å². The van der Waals surface area contributed by atoms with Crippen molar-refractivity contribution < 1.29 is 9.90 Å². The molecule has 0 aliphatic heterocycles. The van der Waals surface area contributed by atoms with Crippen LogP contribution in [0.1, 0.15) is 23.3 Å². The fourth-order valence-electron chi connectivity index (χ4n) is 1.09. The van der Waals surface area contributed by atoms with Gasteiger partial charge in [-0.15, -0.1) is 5.10 Å². The number of aromatic carboxylic acids is 1. The van der Waals surface area contributed by atoms with Gasteiger partial charge in [0.05, 0.1) is 12.3 Å². The molecule has 0 fully saturated rings. The van der Waals surface area contributed by atoms with Crippen molar-refractivity contribution in [1.29, 1.82) is 5.26 Å². The Morgan fingerprint density at radius 3 is 3.07 bits per heavy atom. The molecular weight excluding hydrogens is 196 g/mol. The third-order valence-electron chi connectivity index (χ3n) is 1.84. The fraction of sp³-hybridized carbons (Fsp3) is 0.333. The molecule has 1 heterocycles. The van der Waals surface area contributed by atoms with Gasteiger partial charge in [-0.25, -0.2) is 9.48 Å². The second kappa shape index (κ2) is 4.91. The Labute approximate surface area is 86.4 Å². The van der Waals surface area contributed by atoms with E-state index in [-0.39, 0.29) is 5.69 Å². The van der Waals surface area contributed by atoms with Gasteiger partial charge < -0.3 is 5.11 Å². The molecule has 0 bridgehead atoms. The topological polar surface area (TPSA) is 91.8 Å². The molecule has 0 saturated heterocycles. The number of carbonyl (C=O) groups is 1. The third kappa shape index (κ3) is 2.91. The normalized spacial score (nSPS) is 9.53. The molecule has 6 heteroatoms. The van der Waals surface area contributed by atoms with Gasteiger partial charge in [-0.3, -0.25) is 0 Å². The first kappa shape index (κ1) is 10.9. The van der Waals surface area contributed by atoms with Crippen LogP contribution in [-0.2, 0) is 6.54 Å². The summed E-state index contributed by atoms with van der Waals surface area (Å²) in [4.78, 5) is 10.7. The van der Waals surface area contributed by atoms with Gasteiger partial charge >= 0.3 is 5.97 Å². The number of rotatable bonds is 5. The summed E-state index contributed by atoms with van der Waals surface area (Å²) in [5.74, 6) is -1.06. The molecule has 1 rings (SSSR count). The van der Waals surface area contributed by atoms with Gasteiger partial charge in [-0.2, -0.15) is 5.26 Å². The summed E-state index contributed by atoms with van der Waals surface area (Å²) in [7, 11) is 0. The van der Waals surface area contributed by atoms with E-state index in [4.69, 9.17) is 10.4 Å². The first-order valence-corrected chi connectivity index (χ1v) is 4.35. The average Bonchev–Trinajstić information content (AvgIpc) is 2.65. The Morgan fingerprint density at radius 2 is 2.47 bits per heavy atom. The molecule has 15 heavy (non-hydrogen) atoms. The standard InChI is InChI=1S/C9H10N4O2/c1-7(5-10)3-2-4-13-8(9(14)15)6-11-12-13/h6H,1-4H2,(H,14,15). The number of allylic oxidation sites excluding steroid dienone is 1. The van der Waals surface area contributed by atoms with Crippen molar-refractivity contribution in [2.45, 2.75) is 19.4 Å². The summed E-state index contributed by atoms with van der Waals surface area (Å²) in [6, 6.07) is 1.93. The van der Waals surface area contributed by atoms with Crippen molar-refractivity contribution in [2.75, 3.05) is 0 Å². The summed E-state index contributed by atoms with van der Waals surface area (Å²) in [6.45, 7) is 3.95. The maximum atomic E-state index is 10.7. The highest BCUT2D eigenvalue weighted by Crippen LogP contribution is 2.04. The van der Waals surface area contributed by atoms with E-state index in [0.717, 1.165) is 0 Å². The summed E-state index contributed by atoms with van der Waals surface area (Å²) >= 11 is 0. The molecule has 78 valence electrons. The molecule has 0 unspecified atom stereocenters. The Morgan fingerprint density at radius 1 is 1.73 bits per heavy atom. The van der Waals surface area contributed by atoms with E-state index in [9.17, 15) is 4.79 Å². The first-order valence-electron chi connectivity index (χ1n) is 4.35. The lowest BCUT2D eigenvalue weighted by Crippen LogP contribution is -2.10. The molecule has 0 aliphatic rings. The van der Waals surface area contributed by atoms with Crippen LogP contribution in [0, 0.1) is 11.3 Å². The molecular formula is C9H10N4O2. The largest absolute Gasteiger partial charge is 0.476 e. The Balaban J connectivity index is 2.51. The predicted octanol–water partition coefficient (Wildman–Crippen LogP) is 0.836. The number of carboxylic acid groups (broad SMARTS) is 1. The van der Waals surface area contributed by atoms with Gasteiger partial charge in [0.15, 0.2) is 5.69 Å². The van der Waals surface area contributed by atoms with Crippen LogP contribution in [0.15, 0.2) is 18.3 Å². The highest BCUT2D eigenvalue weighted by atomic mass is 16.4. The van der Waals surface area contributed by atoms with Gasteiger partial charge in [-0.1, -0.05) is 11.8 Å². The number of hydrogen-bond acceptors (Lipinski definition) is 4. The summed E-state index contributed by atoms with van der Waals surface area (Å²) < 4.78 is 1.30. The zero-order chi connectivity index (χ0) is 11.3.